The highest BCUT2D eigenvalue weighted by molar-refractivity contribution is 6.30. The third-order valence-electron chi connectivity index (χ3n) is 6.05. The Labute approximate surface area is 188 Å². The summed E-state index contributed by atoms with van der Waals surface area (Å²) >= 11 is 11.5. The van der Waals surface area contributed by atoms with Crippen LogP contribution in [0.15, 0.2) is 48.5 Å². The number of rotatable bonds is 4. The zero-order valence-corrected chi connectivity index (χ0v) is 18.0. The molecule has 2 saturated carbocycles. The Hall–Kier alpha value is -2.22. The van der Waals surface area contributed by atoms with Crippen LogP contribution in [0.1, 0.15) is 36.8 Å². The average molecular weight is 471 g/mol. The molecule has 0 aliphatic heterocycles. The SMILES string of the molecule is NNC(=O)C1(c2ccc(Cl)cc2)CC(F)C1.O=C(O)C1(c2ccc(Cl)cc2)CC(F)C1. The largest absolute Gasteiger partial charge is 0.481 e. The third kappa shape index (κ3) is 4.54. The molecule has 0 bridgehead atoms. The van der Waals surface area contributed by atoms with E-state index in [1.165, 1.54) is 0 Å². The van der Waals surface area contributed by atoms with Crippen LogP contribution in [0.3, 0.4) is 0 Å². The van der Waals surface area contributed by atoms with Crippen molar-refractivity contribution in [3.63, 3.8) is 0 Å². The summed E-state index contributed by atoms with van der Waals surface area (Å²) in [6.45, 7) is 0. The van der Waals surface area contributed by atoms with E-state index in [0.717, 1.165) is 5.56 Å². The average Bonchev–Trinajstić information content (AvgIpc) is 2.70. The number of amides is 1. The minimum Gasteiger partial charge on any atom is -0.481 e. The van der Waals surface area contributed by atoms with Gasteiger partial charge in [-0.2, -0.15) is 0 Å². The molecule has 31 heavy (non-hydrogen) atoms. The topological polar surface area (TPSA) is 92.4 Å². The summed E-state index contributed by atoms with van der Waals surface area (Å²) in [4.78, 5) is 22.8. The maximum Gasteiger partial charge on any atom is 0.314 e. The van der Waals surface area contributed by atoms with Crippen LogP contribution in [0.25, 0.3) is 0 Å². The normalized spacial score (nSPS) is 28.9. The van der Waals surface area contributed by atoms with E-state index < -0.39 is 29.1 Å². The quantitative estimate of drug-likeness (QED) is 0.348. The van der Waals surface area contributed by atoms with Gasteiger partial charge in [0.05, 0.1) is 10.8 Å². The van der Waals surface area contributed by atoms with Crippen molar-refractivity contribution in [1.29, 1.82) is 0 Å². The Morgan fingerprint density at radius 1 is 0.839 bits per heavy atom. The Balaban J connectivity index is 0.000000176. The van der Waals surface area contributed by atoms with Crippen molar-refractivity contribution in [3.05, 3.63) is 69.7 Å². The van der Waals surface area contributed by atoms with Crippen molar-refractivity contribution in [2.24, 2.45) is 5.84 Å². The molecule has 1 amide bonds. The van der Waals surface area contributed by atoms with Crippen LogP contribution < -0.4 is 11.3 Å². The van der Waals surface area contributed by atoms with E-state index in [0.29, 0.717) is 15.6 Å². The van der Waals surface area contributed by atoms with E-state index in [2.05, 4.69) is 5.43 Å². The molecule has 5 nitrogen and oxygen atoms in total. The van der Waals surface area contributed by atoms with Gasteiger partial charge in [0, 0.05) is 10.0 Å². The lowest BCUT2D eigenvalue weighted by molar-refractivity contribution is -0.150. The van der Waals surface area contributed by atoms with Crippen LogP contribution >= 0.6 is 23.2 Å². The fourth-order valence-corrected chi connectivity index (χ4v) is 4.41. The molecule has 0 heterocycles. The molecule has 4 N–H and O–H groups in total. The molecule has 2 aliphatic carbocycles. The van der Waals surface area contributed by atoms with E-state index >= 15 is 0 Å². The Morgan fingerprint density at radius 3 is 1.52 bits per heavy atom. The standard InChI is InChI=1S/C11H12ClFN2O.C11H10ClFO2/c12-8-3-1-7(2-4-8)11(10(16)15-14)5-9(13)6-11;12-8-3-1-7(2-4-8)11(10(14)15)5-9(13)6-11/h1-4,9H,5-6,14H2,(H,15,16);1-4,9H,5-6H2,(H,14,15). The fourth-order valence-electron chi connectivity index (χ4n) is 4.15. The molecule has 2 aromatic rings. The van der Waals surface area contributed by atoms with Gasteiger partial charge < -0.3 is 5.11 Å². The number of benzene rings is 2. The van der Waals surface area contributed by atoms with Crippen molar-refractivity contribution < 1.29 is 23.5 Å². The van der Waals surface area contributed by atoms with Crippen LogP contribution in [0, 0.1) is 0 Å². The molecule has 0 atom stereocenters. The zero-order valence-electron chi connectivity index (χ0n) is 16.5. The molecule has 0 spiro atoms. The molecule has 9 heteroatoms. The minimum absolute atomic E-state index is 0.0595. The number of nitrogens with two attached hydrogens (primary N) is 1. The second-order valence-corrected chi connectivity index (χ2v) is 8.84. The van der Waals surface area contributed by atoms with Crippen LogP contribution in [0.5, 0.6) is 0 Å². The number of carboxylic acid groups (broad SMARTS) is 1. The van der Waals surface area contributed by atoms with Crippen LogP contribution in [-0.4, -0.2) is 29.3 Å². The Bertz CT molecular complexity index is 942. The predicted octanol–water partition coefficient (Wildman–Crippen LogP) is 4.49. The van der Waals surface area contributed by atoms with Gasteiger partial charge in [-0.3, -0.25) is 15.0 Å². The number of carbonyl (C=O) groups is 2. The summed E-state index contributed by atoms with van der Waals surface area (Å²) in [6, 6.07) is 13.4. The lowest BCUT2D eigenvalue weighted by Crippen LogP contribution is -2.55. The lowest BCUT2D eigenvalue weighted by Gasteiger charge is -2.42. The monoisotopic (exact) mass is 470 g/mol. The summed E-state index contributed by atoms with van der Waals surface area (Å²) in [5.74, 6) is 3.83. The summed E-state index contributed by atoms with van der Waals surface area (Å²) < 4.78 is 25.9. The summed E-state index contributed by atoms with van der Waals surface area (Å²) in [5, 5.41) is 10.3. The van der Waals surface area contributed by atoms with Gasteiger partial charge in [-0.15, -0.1) is 0 Å². The van der Waals surface area contributed by atoms with Gasteiger partial charge in [0.15, 0.2) is 0 Å². The Kier molecular flexibility index (Phi) is 6.88. The van der Waals surface area contributed by atoms with Gasteiger partial charge in [0.25, 0.3) is 0 Å². The highest BCUT2D eigenvalue weighted by Crippen LogP contribution is 2.46. The van der Waals surface area contributed by atoms with Gasteiger partial charge in [0.2, 0.25) is 5.91 Å². The third-order valence-corrected chi connectivity index (χ3v) is 6.55. The van der Waals surface area contributed by atoms with Crippen molar-refractivity contribution in [2.45, 2.75) is 48.9 Å². The number of carboxylic acids is 1. The van der Waals surface area contributed by atoms with Crippen molar-refractivity contribution in [1.82, 2.24) is 5.43 Å². The minimum atomic E-state index is -1.04. The van der Waals surface area contributed by atoms with Crippen LogP contribution in [0.2, 0.25) is 10.0 Å². The van der Waals surface area contributed by atoms with Crippen LogP contribution in [-0.2, 0) is 20.4 Å². The number of nitrogens with one attached hydrogen (secondary N) is 1. The lowest BCUT2D eigenvalue weighted by atomic mass is 9.63. The first kappa shape index (κ1) is 23.4. The first-order chi connectivity index (χ1) is 14.6. The first-order valence-electron chi connectivity index (χ1n) is 9.67. The summed E-state index contributed by atoms with van der Waals surface area (Å²) in [6.07, 6.45) is -1.46. The molecular weight excluding hydrogens is 449 g/mol. The van der Waals surface area contributed by atoms with E-state index in [1.54, 1.807) is 48.5 Å². The second-order valence-electron chi connectivity index (χ2n) is 7.97. The number of hydrazine groups is 1. The van der Waals surface area contributed by atoms with Crippen molar-refractivity contribution in [2.75, 3.05) is 0 Å². The summed E-state index contributed by atoms with van der Waals surface area (Å²) in [5.41, 5.74) is 1.64. The van der Waals surface area contributed by atoms with E-state index in [9.17, 15) is 18.4 Å². The first-order valence-corrected chi connectivity index (χ1v) is 10.4. The number of carbonyl (C=O) groups excluding carboxylic acids is 1. The predicted molar refractivity (Wildman–Crippen MR) is 114 cm³/mol. The maximum absolute atomic E-state index is 13.0. The molecule has 166 valence electrons. The number of hydrogen-bond acceptors (Lipinski definition) is 3. The van der Waals surface area contributed by atoms with Gasteiger partial charge >= 0.3 is 5.97 Å². The smallest absolute Gasteiger partial charge is 0.314 e. The molecule has 0 saturated heterocycles. The highest BCUT2D eigenvalue weighted by atomic mass is 35.5. The number of alkyl halides is 2. The summed E-state index contributed by atoms with van der Waals surface area (Å²) in [7, 11) is 0. The number of halogens is 4. The zero-order chi connectivity index (χ0) is 22.8. The van der Waals surface area contributed by atoms with Gasteiger partial charge in [-0.05, 0) is 61.1 Å². The molecular formula is C22H22Cl2F2N2O3. The molecule has 0 radical (unpaired) electrons. The van der Waals surface area contributed by atoms with Gasteiger partial charge in [-0.1, -0.05) is 47.5 Å². The molecule has 2 aliphatic rings. The van der Waals surface area contributed by atoms with E-state index in [4.69, 9.17) is 34.2 Å². The number of aliphatic carboxylic acids is 1. The van der Waals surface area contributed by atoms with Crippen molar-refractivity contribution in [3.8, 4) is 0 Å². The number of hydrogen-bond donors (Lipinski definition) is 3. The van der Waals surface area contributed by atoms with E-state index in [-0.39, 0.29) is 31.6 Å². The van der Waals surface area contributed by atoms with Gasteiger partial charge in [0.1, 0.15) is 12.3 Å². The molecule has 0 unspecified atom stereocenters. The molecule has 2 aromatic carbocycles. The molecule has 4 rings (SSSR count). The van der Waals surface area contributed by atoms with E-state index in [1.807, 2.05) is 0 Å². The fraction of sp³-hybridized carbons (Fsp3) is 0.364. The van der Waals surface area contributed by atoms with Gasteiger partial charge in [-0.25, -0.2) is 14.6 Å². The highest BCUT2D eigenvalue weighted by Gasteiger charge is 2.52. The van der Waals surface area contributed by atoms with Crippen molar-refractivity contribution >= 4 is 35.1 Å². The Morgan fingerprint density at radius 2 is 1.19 bits per heavy atom. The van der Waals surface area contributed by atoms with Crippen LogP contribution in [0.4, 0.5) is 8.78 Å². The molecule has 0 aromatic heterocycles. The maximum atomic E-state index is 13.0. The second kappa shape index (κ2) is 9.10. The molecule has 2 fully saturated rings.